The summed E-state index contributed by atoms with van der Waals surface area (Å²) in [5.41, 5.74) is -2.16. The molecule has 134 valence electrons. The normalized spacial score (nSPS) is 23.1. The van der Waals surface area contributed by atoms with Crippen LogP contribution in [0.4, 0.5) is 5.69 Å². The lowest BCUT2D eigenvalue weighted by Crippen LogP contribution is -2.41. The zero-order chi connectivity index (χ0) is 18.3. The summed E-state index contributed by atoms with van der Waals surface area (Å²) in [4.78, 5) is 48.7. The van der Waals surface area contributed by atoms with Crippen LogP contribution in [0.1, 0.15) is 18.2 Å². The molecule has 0 spiro atoms. The molecule has 0 bridgehead atoms. The lowest BCUT2D eigenvalue weighted by Gasteiger charge is -2.20. The number of aliphatic hydroxyl groups is 1. The van der Waals surface area contributed by atoms with Gasteiger partial charge in [-0.15, -0.1) is 0 Å². The first-order valence-corrected chi connectivity index (χ1v) is 7.59. The predicted octanol–water partition coefficient (Wildman–Crippen LogP) is -1.79. The highest BCUT2D eigenvalue weighted by Crippen LogP contribution is 2.31. The maximum absolute atomic E-state index is 12.0. The molecule has 10 nitrogen and oxygen atoms in total. The highest BCUT2D eigenvalue weighted by molar-refractivity contribution is 5.62. The van der Waals surface area contributed by atoms with Gasteiger partial charge in [-0.1, -0.05) is 0 Å². The number of H-pyrrole nitrogens is 1. The average molecular weight is 351 g/mol. The summed E-state index contributed by atoms with van der Waals surface area (Å²) in [6.07, 6.45) is 0.160. The number of methoxy groups -OCH3 is 1. The summed E-state index contributed by atoms with van der Waals surface area (Å²) in [5, 5.41) is 12.4. The van der Waals surface area contributed by atoms with E-state index >= 15 is 0 Å². The molecule has 0 saturated carbocycles. The Balaban J connectivity index is 1.86. The molecule has 25 heavy (non-hydrogen) atoms. The second kappa shape index (κ2) is 6.30. The number of nitrogens with one attached hydrogen (secondary N) is 2. The summed E-state index contributed by atoms with van der Waals surface area (Å²) < 4.78 is 11.7. The lowest BCUT2D eigenvalue weighted by molar-refractivity contribution is -0.0262. The minimum atomic E-state index is -0.741. The van der Waals surface area contributed by atoms with E-state index in [0.29, 0.717) is 5.56 Å². The monoisotopic (exact) mass is 351 g/mol. The standard InChI is InChI=1S/C15H17N3O7/c1-6-4-18(15(23)17-14(6)22)9-3-7(8(5-19)25-9)16-10-11(20)12(21)13(10)24-2/h4,7-9,16,19H,3,5H2,1-2H3,(H,17,22,23)/t7-,8+,9+/m0/s1. The van der Waals surface area contributed by atoms with E-state index in [1.54, 1.807) is 6.92 Å². The first-order valence-electron chi connectivity index (χ1n) is 7.59. The summed E-state index contributed by atoms with van der Waals surface area (Å²) in [5.74, 6) is -0.0674. The largest absolute Gasteiger partial charge is 0.491 e. The van der Waals surface area contributed by atoms with Gasteiger partial charge in [0.05, 0.1) is 19.8 Å². The van der Waals surface area contributed by atoms with Gasteiger partial charge >= 0.3 is 5.69 Å². The first kappa shape index (κ1) is 17.1. The van der Waals surface area contributed by atoms with Gasteiger partial charge in [-0.3, -0.25) is 23.9 Å². The van der Waals surface area contributed by atoms with E-state index in [1.807, 2.05) is 0 Å². The summed E-state index contributed by atoms with van der Waals surface area (Å²) in [7, 11) is 1.28. The molecular formula is C15H17N3O7. The zero-order valence-corrected chi connectivity index (χ0v) is 13.6. The Labute approximate surface area is 140 Å². The van der Waals surface area contributed by atoms with Gasteiger partial charge in [-0.05, 0) is 6.92 Å². The van der Waals surface area contributed by atoms with Crippen molar-refractivity contribution in [1.29, 1.82) is 0 Å². The number of hydrogen-bond donors (Lipinski definition) is 3. The van der Waals surface area contributed by atoms with Crippen LogP contribution in [0.3, 0.4) is 0 Å². The number of aromatic amines is 1. The number of aliphatic hydroxyl groups excluding tert-OH is 1. The molecule has 1 aliphatic rings. The third kappa shape index (κ3) is 2.79. The average Bonchev–Trinajstić information content (AvgIpc) is 3.00. The predicted molar refractivity (Wildman–Crippen MR) is 87.0 cm³/mol. The van der Waals surface area contributed by atoms with Crippen LogP contribution in [-0.2, 0) is 4.74 Å². The fraction of sp³-hybridized carbons (Fsp3) is 0.467. The van der Waals surface area contributed by atoms with Gasteiger partial charge in [0, 0.05) is 18.2 Å². The molecule has 3 N–H and O–H groups in total. The topological polar surface area (TPSA) is 140 Å². The molecule has 1 saturated heterocycles. The van der Waals surface area contributed by atoms with Gasteiger partial charge in [-0.2, -0.15) is 0 Å². The van der Waals surface area contributed by atoms with Crippen molar-refractivity contribution >= 4 is 5.69 Å². The molecular weight excluding hydrogens is 334 g/mol. The van der Waals surface area contributed by atoms with Gasteiger partial charge in [0.25, 0.3) is 16.4 Å². The summed E-state index contributed by atoms with van der Waals surface area (Å²) >= 11 is 0. The van der Waals surface area contributed by atoms with Crippen molar-refractivity contribution in [3.05, 3.63) is 53.0 Å². The van der Waals surface area contributed by atoms with E-state index in [-0.39, 0.29) is 24.5 Å². The smallest absolute Gasteiger partial charge is 0.330 e. The van der Waals surface area contributed by atoms with Crippen LogP contribution in [0.5, 0.6) is 5.75 Å². The third-order valence-electron chi connectivity index (χ3n) is 4.27. The Kier molecular flexibility index (Phi) is 4.31. The third-order valence-corrected chi connectivity index (χ3v) is 4.27. The van der Waals surface area contributed by atoms with Crippen molar-refractivity contribution in [3.8, 4) is 5.75 Å². The molecule has 3 atom stereocenters. The van der Waals surface area contributed by atoms with Crippen LogP contribution in [0.25, 0.3) is 0 Å². The van der Waals surface area contributed by atoms with Crippen molar-refractivity contribution in [3.63, 3.8) is 0 Å². The van der Waals surface area contributed by atoms with E-state index < -0.39 is 40.5 Å². The van der Waals surface area contributed by atoms with Crippen LogP contribution in [0.2, 0.25) is 0 Å². The van der Waals surface area contributed by atoms with Crippen molar-refractivity contribution < 1.29 is 14.6 Å². The number of rotatable bonds is 5. The van der Waals surface area contributed by atoms with Crippen molar-refractivity contribution in [2.24, 2.45) is 0 Å². The van der Waals surface area contributed by atoms with Gasteiger partial charge in [0.2, 0.25) is 0 Å². The van der Waals surface area contributed by atoms with Gasteiger partial charge in [-0.25, -0.2) is 4.79 Å². The highest BCUT2D eigenvalue weighted by atomic mass is 16.5. The molecule has 2 heterocycles. The second-order valence-electron chi connectivity index (χ2n) is 5.84. The molecule has 1 aliphatic heterocycles. The fourth-order valence-electron chi connectivity index (χ4n) is 2.90. The van der Waals surface area contributed by atoms with E-state index in [1.165, 1.54) is 17.9 Å². The fourth-order valence-corrected chi connectivity index (χ4v) is 2.90. The van der Waals surface area contributed by atoms with Crippen molar-refractivity contribution in [2.45, 2.75) is 31.7 Å². The maximum Gasteiger partial charge on any atom is 0.330 e. The first-order chi connectivity index (χ1) is 11.9. The number of nitrogens with zero attached hydrogens (tertiary/aromatic N) is 1. The molecule has 1 aromatic carbocycles. The molecule has 1 aromatic heterocycles. The zero-order valence-electron chi connectivity index (χ0n) is 13.6. The van der Waals surface area contributed by atoms with E-state index in [4.69, 9.17) is 9.47 Å². The number of hydrogen-bond acceptors (Lipinski definition) is 8. The van der Waals surface area contributed by atoms with E-state index in [9.17, 15) is 24.3 Å². The number of aryl methyl sites for hydroxylation is 1. The summed E-state index contributed by atoms with van der Waals surface area (Å²) in [6, 6.07) is -0.522. The van der Waals surface area contributed by atoms with Crippen LogP contribution in [0, 0.1) is 6.92 Å². The van der Waals surface area contributed by atoms with Crippen molar-refractivity contribution in [1.82, 2.24) is 9.55 Å². The Morgan fingerprint density at radius 1 is 1.36 bits per heavy atom. The molecule has 0 aliphatic carbocycles. The van der Waals surface area contributed by atoms with Crippen LogP contribution in [0.15, 0.2) is 25.4 Å². The minimum absolute atomic E-state index is 0.0326. The van der Waals surface area contributed by atoms with Crippen LogP contribution in [-0.4, -0.2) is 40.5 Å². The molecule has 0 radical (unpaired) electrons. The number of anilines is 1. The Morgan fingerprint density at radius 3 is 2.72 bits per heavy atom. The van der Waals surface area contributed by atoms with Gasteiger partial charge in [0.15, 0.2) is 5.75 Å². The van der Waals surface area contributed by atoms with Crippen molar-refractivity contribution in [2.75, 3.05) is 19.0 Å². The molecule has 10 heteroatoms. The molecule has 3 rings (SSSR count). The van der Waals surface area contributed by atoms with Crippen LogP contribution >= 0.6 is 0 Å². The molecule has 1 fully saturated rings. The van der Waals surface area contributed by atoms with E-state index in [2.05, 4.69) is 10.3 Å². The minimum Gasteiger partial charge on any atom is -0.491 e. The molecule has 2 aromatic rings. The Morgan fingerprint density at radius 2 is 2.08 bits per heavy atom. The second-order valence-corrected chi connectivity index (χ2v) is 5.84. The number of aromatic nitrogens is 2. The highest BCUT2D eigenvalue weighted by Gasteiger charge is 2.38. The summed E-state index contributed by atoms with van der Waals surface area (Å²) in [6.45, 7) is 1.19. The van der Waals surface area contributed by atoms with Gasteiger partial charge < -0.3 is 19.9 Å². The van der Waals surface area contributed by atoms with E-state index in [0.717, 1.165) is 0 Å². The number of ether oxygens (including phenoxy) is 2. The Bertz CT molecular complexity index is 982. The Hall–Kier alpha value is -2.72. The lowest BCUT2D eigenvalue weighted by atomic mass is 10.1. The molecule has 0 unspecified atom stereocenters. The molecule has 0 amide bonds. The quantitative estimate of drug-likeness (QED) is 0.537. The van der Waals surface area contributed by atoms with Gasteiger partial charge in [0.1, 0.15) is 18.0 Å². The maximum atomic E-state index is 12.0. The van der Waals surface area contributed by atoms with Crippen LogP contribution < -0.4 is 32.2 Å². The SMILES string of the molecule is COc1c(N[C@H]2C[C@H](n3cc(C)c(=O)[nH]c3=O)O[C@@H]2CO)c(=O)c1=O.